The number of carbonyl (C=O) groups excluding carboxylic acids is 4. The largest absolute Gasteiger partial charge is 0.462 e. The molecule has 3 amide bonds. The van der Waals surface area contributed by atoms with Crippen molar-refractivity contribution in [2.75, 3.05) is 18.5 Å². The van der Waals surface area contributed by atoms with Gasteiger partial charge in [-0.25, -0.2) is 4.79 Å². The molecule has 0 saturated carbocycles. The van der Waals surface area contributed by atoms with Crippen LogP contribution < -0.4 is 5.32 Å². The maximum atomic E-state index is 12.6. The van der Waals surface area contributed by atoms with E-state index in [1.807, 2.05) is 31.2 Å². The van der Waals surface area contributed by atoms with Crippen LogP contribution in [0.1, 0.15) is 28.4 Å². The number of amides is 3. The molecule has 0 atom stereocenters. The summed E-state index contributed by atoms with van der Waals surface area (Å²) in [6.07, 6.45) is 1.62. The minimum Gasteiger partial charge on any atom is -0.462 e. The molecule has 0 spiro atoms. The van der Waals surface area contributed by atoms with E-state index in [1.54, 1.807) is 13.0 Å². The van der Waals surface area contributed by atoms with Crippen LogP contribution in [0, 0.1) is 6.92 Å². The monoisotopic (exact) mass is 458 g/mol. The van der Waals surface area contributed by atoms with E-state index in [1.165, 1.54) is 18.2 Å². The number of thioether (sulfide) groups is 1. The Hall–Kier alpha value is -3.10. The van der Waals surface area contributed by atoms with Crippen LogP contribution in [0.2, 0.25) is 5.02 Å². The second-order valence-electron chi connectivity index (χ2n) is 6.64. The summed E-state index contributed by atoms with van der Waals surface area (Å²) in [5.74, 6) is -1.74. The Kier molecular flexibility index (Phi) is 7.14. The Labute approximate surface area is 188 Å². The van der Waals surface area contributed by atoms with Crippen molar-refractivity contribution in [2.24, 2.45) is 0 Å². The summed E-state index contributed by atoms with van der Waals surface area (Å²) in [7, 11) is 0. The summed E-state index contributed by atoms with van der Waals surface area (Å²) in [5, 5.41) is 2.22. The molecule has 0 unspecified atom stereocenters. The summed E-state index contributed by atoms with van der Waals surface area (Å²) >= 11 is 6.79. The van der Waals surface area contributed by atoms with E-state index < -0.39 is 29.6 Å². The number of esters is 1. The smallest absolute Gasteiger partial charge is 0.339 e. The first-order valence-electron chi connectivity index (χ1n) is 9.37. The molecule has 9 heteroatoms. The molecule has 1 heterocycles. The molecule has 0 aliphatic carbocycles. The van der Waals surface area contributed by atoms with Crippen molar-refractivity contribution in [3.8, 4) is 0 Å². The van der Waals surface area contributed by atoms with Crippen molar-refractivity contribution < 1.29 is 23.9 Å². The molecular formula is C22H19ClN2O5S. The molecule has 1 saturated heterocycles. The van der Waals surface area contributed by atoms with Gasteiger partial charge in [0.25, 0.3) is 11.1 Å². The summed E-state index contributed by atoms with van der Waals surface area (Å²) in [6, 6.07) is 11.8. The highest BCUT2D eigenvalue weighted by molar-refractivity contribution is 8.18. The number of rotatable bonds is 6. The summed E-state index contributed by atoms with van der Waals surface area (Å²) < 4.78 is 4.93. The van der Waals surface area contributed by atoms with Gasteiger partial charge >= 0.3 is 5.97 Å². The van der Waals surface area contributed by atoms with Crippen molar-refractivity contribution in [2.45, 2.75) is 13.8 Å². The van der Waals surface area contributed by atoms with Crippen molar-refractivity contribution in [1.82, 2.24) is 4.90 Å². The van der Waals surface area contributed by atoms with E-state index in [2.05, 4.69) is 5.32 Å². The van der Waals surface area contributed by atoms with Crippen LogP contribution in [-0.2, 0) is 14.3 Å². The van der Waals surface area contributed by atoms with Crippen molar-refractivity contribution >= 4 is 58.1 Å². The number of nitrogens with one attached hydrogen (secondary N) is 1. The number of nitrogens with zero attached hydrogens (tertiary/aromatic N) is 1. The lowest BCUT2D eigenvalue weighted by molar-refractivity contribution is -0.127. The topological polar surface area (TPSA) is 92.8 Å². The summed E-state index contributed by atoms with van der Waals surface area (Å²) in [4.78, 5) is 50.3. The van der Waals surface area contributed by atoms with E-state index in [0.29, 0.717) is 5.69 Å². The second kappa shape index (κ2) is 9.80. The molecule has 2 aromatic carbocycles. The molecular weight excluding hydrogens is 440 g/mol. The van der Waals surface area contributed by atoms with Crippen LogP contribution in [0.4, 0.5) is 10.5 Å². The highest BCUT2D eigenvalue weighted by Crippen LogP contribution is 2.32. The van der Waals surface area contributed by atoms with Crippen molar-refractivity contribution in [3.63, 3.8) is 0 Å². The first kappa shape index (κ1) is 22.6. The van der Waals surface area contributed by atoms with Crippen molar-refractivity contribution in [1.29, 1.82) is 0 Å². The van der Waals surface area contributed by atoms with Gasteiger partial charge in [-0.05, 0) is 55.4 Å². The zero-order valence-electron chi connectivity index (χ0n) is 16.8. The fourth-order valence-electron chi connectivity index (χ4n) is 2.76. The van der Waals surface area contributed by atoms with Crippen molar-refractivity contribution in [3.05, 3.63) is 69.1 Å². The molecule has 0 aromatic heterocycles. The molecule has 0 bridgehead atoms. The Morgan fingerprint density at radius 1 is 1.16 bits per heavy atom. The van der Waals surface area contributed by atoms with Gasteiger partial charge in [0.15, 0.2) is 0 Å². The number of ether oxygens (including phenoxy) is 1. The number of carbonyl (C=O) groups is 4. The third-order valence-electron chi connectivity index (χ3n) is 4.30. The number of imide groups is 1. The fourth-order valence-corrected chi connectivity index (χ4v) is 3.80. The molecule has 7 nitrogen and oxygen atoms in total. The first-order chi connectivity index (χ1) is 14.8. The Balaban J connectivity index is 1.68. The third kappa shape index (κ3) is 5.53. The lowest BCUT2D eigenvalue weighted by Gasteiger charge is -2.13. The van der Waals surface area contributed by atoms with Gasteiger partial charge in [-0.3, -0.25) is 19.3 Å². The van der Waals surface area contributed by atoms with E-state index in [-0.39, 0.29) is 22.1 Å². The minimum atomic E-state index is -0.615. The number of halogens is 1. The molecule has 1 fully saturated rings. The molecule has 3 rings (SSSR count). The normalized spacial score (nSPS) is 14.8. The van der Waals surface area contributed by atoms with Gasteiger partial charge in [0.05, 0.1) is 22.1 Å². The third-order valence-corrected chi connectivity index (χ3v) is 5.53. The lowest BCUT2D eigenvalue weighted by Crippen LogP contribution is -2.36. The average Bonchev–Trinajstić information content (AvgIpc) is 2.98. The van der Waals surface area contributed by atoms with Crippen LogP contribution >= 0.6 is 23.4 Å². The minimum absolute atomic E-state index is 0.105. The molecule has 1 N–H and O–H groups in total. The lowest BCUT2D eigenvalue weighted by atomic mass is 10.1. The number of hydrogen-bond acceptors (Lipinski definition) is 6. The Morgan fingerprint density at radius 2 is 1.87 bits per heavy atom. The highest BCUT2D eigenvalue weighted by atomic mass is 35.5. The molecule has 31 heavy (non-hydrogen) atoms. The van der Waals surface area contributed by atoms with Gasteiger partial charge in [-0.2, -0.15) is 0 Å². The Bertz CT molecular complexity index is 1080. The SMILES string of the molecule is CCOC(=O)c1cc(NC(=O)CN2C(=O)S/C(=C/c3ccc(C)cc3)C2=O)ccc1Cl. The maximum absolute atomic E-state index is 12.6. The quantitative estimate of drug-likeness (QED) is 0.506. The predicted molar refractivity (Wildman–Crippen MR) is 120 cm³/mol. The predicted octanol–water partition coefficient (Wildman–Crippen LogP) is 4.50. The first-order valence-corrected chi connectivity index (χ1v) is 10.6. The highest BCUT2D eigenvalue weighted by Gasteiger charge is 2.36. The number of anilines is 1. The standard InChI is InChI=1S/C22H19ClN2O5S/c1-3-30-21(28)16-11-15(8-9-17(16)23)24-19(26)12-25-20(27)18(31-22(25)29)10-14-6-4-13(2)5-7-14/h4-11H,3,12H2,1-2H3,(H,24,26)/b18-10+. The van der Waals surface area contributed by atoms with E-state index in [0.717, 1.165) is 27.8 Å². The van der Waals surface area contributed by atoms with Gasteiger partial charge in [-0.15, -0.1) is 0 Å². The number of benzene rings is 2. The molecule has 1 aliphatic rings. The van der Waals surface area contributed by atoms with E-state index >= 15 is 0 Å². The zero-order chi connectivity index (χ0) is 22.5. The summed E-state index contributed by atoms with van der Waals surface area (Å²) in [5.41, 5.74) is 2.26. The van der Waals surface area contributed by atoms with Gasteiger partial charge in [-0.1, -0.05) is 41.4 Å². The van der Waals surface area contributed by atoms with Gasteiger partial charge in [0, 0.05) is 5.69 Å². The van der Waals surface area contributed by atoms with Gasteiger partial charge < -0.3 is 10.1 Å². The maximum Gasteiger partial charge on any atom is 0.339 e. The molecule has 160 valence electrons. The fraction of sp³-hybridized carbons (Fsp3) is 0.182. The molecule has 0 radical (unpaired) electrons. The Morgan fingerprint density at radius 3 is 2.55 bits per heavy atom. The molecule has 1 aliphatic heterocycles. The van der Waals surface area contributed by atoms with Crippen LogP contribution in [0.3, 0.4) is 0 Å². The van der Waals surface area contributed by atoms with Crippen LogP contribution in [0.25, 0.3) is 6.08 Å². The average molecular weight is 459 g/mol. The second-order valence-corrected chi connectivity index (χ2v) is 8.04. The molecule has 2 aromatic rings. The van der Waals surface area contributed by atoms with E-state index in [9.17, 15) is 19.2 Å². The zero-order valence-corrected chi connectivity index (χ0v) is 18.4. The van der Waals surface area contributed by atoms with Gasteiger partial charge in [0.1, 0.15) is 6.54 Å². The van der Waals surface area contributed by atoms with Crippen LogP contribution in [0.15, 0.2) is 47.4 Å². The van der Waals surface area contributed by atoms with Crippen LogP contribution in [0.5, 0.6) is 0 Å². The van der Waals surface area contributed by atoms with Gasteiger partial charge in [0.2, 0.25) is 5.91 Å². The van der Waals surface area contributed by atoms with Crippen LogP contribution in [-0.4, -0.2) is 41.1 Å². The van der Waals surface area contributed by atoms with E-state index in [4.69, 9.17) is 16.3 Å². The number of aryl methyl sites for hydroxylation is 1. The summed E-state index contributed by atoms with van der Waals surface area (Å²) in [6.45, 7) is 3.35. The number of hydrogen-bond donors (Lipinski definition) is 1.